The molecule has 0 saturated carbocycles. The Morgan fingerprint density at radius 2 is 1.87 bits per heavy atom. The summed E-state index contributed by atoms with van der Waals surface area (Å²) in [5.74, 6) is 1.41. The van der Waals surface area contributed by atoms with E-state index in [9.17, 15) is 4.79 Å². The number of ether oxygens (including phenoxy) is 1. The molecule has 0 atom stereocenters. The molecule has 0 radical (unpaired) electrons. The molecule has 2 aromatic carbocycles. The average Bonchev–Trinajstić information content (AvgIpc) is 3.10. The smallest absolute Gasteiger partial charge is 0.254 e. The second-order valence-electron chi connectivity index (χ2n) is 7.25. The standard InChI is InChI=1S/C24H23N3O3/c1-15-23(16(2)30-26-15)21-9-5-8-20-19(21)7-6-10-22(20)24(28)27(3)14-17-13-18(29-4)11-12-25-17/h5-13H,14H2,1-4H3. The molecular weight excluding hydrogens is 378 g/mol. The molecule has 0 bridgehead atoms. The van der Waals surface area contributed by atoms with Crippen molar-refractivity contribution in [3.63, 3.8) is 0 Å². The van der Waals surface area contributed by atoms with Gasteiger partial charge >= 0.3 is 0 Å². The van der Waals surface area contributed by atoms with Gasteiger partial charge in [0.05, 0.1) is 25.0 Å². The van der Waals surface area contributed by atoms with Crippen LogP contribution in [0.3, 0.4) is 0 Å². The van der Waals surface area contributed by atoms with E-state index in [4.69, 9.17) is 9.26 Å². The van der Waals surface area contributed by atoms with Crippen molar-refractivity contribution in [1.29, 1.82) is 0 Å². The van der Waals surface area contributed by atoms with Gasteiger partial charge in [-0.3, -0.25) is 9.78 Å². The van der Waals surface area contributed by atoms with Gasteiger partial charge in [0, 0.05) is 30.4 Å². The van der Waals surface area contributed by atoms with Crippen LogP contribution in [0.15, 0.2) is 59.3 Å². The number of carbonyl (C=O) groups excluding carboxylic acids is 1. The molecule has 1 amide bonds. The lowest BCUT2D eigenvalue weighted by Gasteiger charge is -2.19. The molecule has 2 heterocycles. The van der Waals surface area contributed by atoms with Crippen molar-refractivity contribution in [2.45, 2.75) is 20.4 Å². The predicted octanol–water partition coefficient (Wildman–Crippen LogP) is 4.79. The third kappa shape index (κ3) is 3.52. The normalized spacial score (nSPS) is 10.9. The number of fused-ring (bicyclic) bond motifs is 1. The molecule has 4 rings (SSSR count). The van der Waals surface area contributed by atoms with Crippen LogP contribution in [0.2, 0.25) is 0 Å². The number of pyridine rings is 1. The number of nitrogens with zero attached hydrogens (tertiary/aromatic N) is 3. The van der Waals surface area contributed by atoms with Crippen LogP contribution in [-0.4, -0.2) is 35.1 Å². The van der Waals surface area contributed by atoms with Gasteiger partial charge in [-0.2, -0.15) is 0 Å². The van der Waals surface area contributed by atoms with Gasteiger partial charge in [-0.25, -0.2) is 0 Å². The fourth-order valence-electron chi connectivity index (χ4n) is 3.77. The molecule has 4 aromatic rings. The highest BCUT2D eigenvalue weighted by Gasteiger charge is 2.19. The number of hydrogen-bond donors (Lipinski definition) is 0. The molecule has 0 aliphatic heterocycles. The number of amides is 1. The maximum absolute atomic E-state index is 13.3. The van der Waals surface area contributed by atoms with Crippen molar-refractivity contribution < 1.29 is 14.1 Å². The summed E-state index contributed by atoms with van der Waals surface area (Å²) < 4.78 is 10.6. The number of benzene rings is 2. The molecule has 2 aromatic heterocycles. The van der Waals surface area contributed by atoms with Crippen molar-refractivity contribution in [3.05, 3.63) is 77.4 Å². The lowest BCUT2D eigenvalue weighted by molar-refractivity contribution is 0.0785. The second kappa shape index (κ2) is 7.99. The molecular formula is C24H23N3O3. The quantitative estimate of drug-likeness (QED) is 0.481. The summed E-state index contributed by atoms with van der Waals surface area (Å²) in [5, 5.41) is 5.96. The summed E-state index contributed by atoms with van der Waals surface area (Å²) in [5.41, 5.74) is 4.22. The van der Waals surface area contributed by atoms with Crippen LogP contribution in [0, 0.1) is 13.8 Å². The largest absolute Gasteiger partial charge is 0.497 e. The van der Waals surface area contributed by atoms with E-state index >= 15 is 0 Å². The van der Waals surface area contributed by atoms with Gasteiger partial charge in [0.1, 0.15) is 11.5 Å². The van der Waals surface area contributed by atoms with Crippen LogP contribution < -0.4 is 4.74 Å². The first kappa shape index (κ1) is 19.6. The number of methoxy groups -OCH3 is 1. The average molecular weight is 401 g/mol. The predicted molar refractivity (Wildman–Crippen MR) is 116 cm³/mol. The van der Waals surface area contributed by atoms with Crippen molar-refractivity contribution in [3.8, 4) is 16.9 Å². The minimum Gasteiger partial charge on any atom is -0.497 e. The number of aryl methyl sites for hydroxylation is 2. The first-order valence-electron chi connectivity index (χ1n) is 9.69. The number of rotatable bonds is 5. The SMILES string of the molecule is COc1ccnc(CN(C)C(=O)c2cccc3c(-c4c(C)noc4C)cccc23)c1. The van der Waals surface area contributed by atoms with E-state index in [2.05, 4.69) is 10.1 Å². The highest BCUT2D eigenvalue weighted by atomic mass is 16.5. The maximum Gasteiger partial charge on any atom is 0.254 e. The molecule has 30 heavy (non-hydrogen) atoms. The first-order valence-corrected chi connectivity index (χ1v) is 9.69. The van der Waals surface area contributed by atoms with Crippen LogP contribution in [0.4, 0.5) is 0 Å². The molecule has 0 aliphatic carbocycles. The van der Waals surface area contributed by atoms with Gasteiger partial charge in [0.2, 0.25) is 0 Å². The molecule has 0 saturated heterocycles. The van der Waals surface area contributed by atoms with Crippen LogP contribution in [0.1, 0.15) is 27.5 Å². The Hall–Kier alpha value is -3.67. The zero-order valence-electron chi connectivity index (χ0n) is 17.5. The molecule has 6 nitrogen and oxygen atoms in total. The minimum atomic E-state index is -0.0684. The molecule has 0 fully saturated rings. The summed E-state index contributed by atoms with van der Waals surface area (Å²) in [6, 6.07) is 15.4. The molecule has 152 valence electrons. The third-order valence-electron chi connectivity index (χ3n) is 5.22. The Labute approximate surface area is 175 Å². The fourth-order valence-corrected chi connectivity index (χ4v) is 3.77. The lowest BCUT2D eigenvalue weighted by Crippen LogP contribution is -2.26. The molecule has 6 heteroatoms. The highest BCUT2D eigenvalue weighted by molar-refractivity contribution is 6.10. The minimum absolute atomic E-state index is 0.0684. The van der Waals surface area contributed by atoms with Crippen LogP contribution in [-0.2, 0) is 6.54 Å². The lowest BCUT2D eigenvalue weighted by atomic mass is 9.94. The van der Waals surface area contributed by atoms with Crippen molar-refractivity contribution >= 4 is 16.7 Å². The Morgan fingerprint density at radius 3 is 2.60 bits per heavy atom. The summed E-state index contributed by atoms with van der Waals surface area (Å²) >= 11 is 0. The van der Waals surface area contributed by atoms with E-state index in [1.807, 2.05) is 56.3 Å². The number of carbonyl (C=O) groups is 1. The van der Waals surface area contributed by atoms with Gasteiger partial charge in [-0.15, -0.1) is 0 Å². The van der Waals surface area contributed by atoms with E-state index < -0.39 is 0 Å². The summed E-state index contributed by atoms with van der Waals surface area (Å²) in [6.07, 6.45) is 1.68. The molecule has 0 N–H and O–H groups in total. The number of aromatic nitrogens is 2. The summed E-state index contributed by atoms with van der Waals surface area (Å²) in [7, 11) is 3.39. The number of hydrogen-bond acceptors (Lipinski definition) is 5. The van der Waals surface area contributed by atoms with Gasteiger partial charge in [-0.1, -0.05) is 35.5 Å². The zero-order chi connectivity index (χ0) is 21.3. The van der Waals surface area contributed by atoms with E-state index in [-0.39, 0.29) is 5.91 Å². The third-order valence-corrected chi connectivity index (χ3v) is 5.22. The Bertz CT molecular complexity index is 1210. The van der Waals surface area contributed by atoms with Gasteiger partial charge in [0.15, 0.2) is 0 Å². The Kier molecular flexibility index (Phi) is 5.23. The Balaban J connectivity index is 1.72. The molecule has 0 spiro atoms. The zero-order valence-corrected chi connectivity index (χ0v) is 17.5. The van der Waals surface area contributed by atoms with E-state index in [1.54, 1.807) is 31.3 Å². The topological polar surface area (TPSA) is 68.5 Å². The van der Waals surface area contributed by atoms with Crippen molar-refractivity contribution in [2.75, 3.05) is 14.2 Å². The Morgan fingerprint density at radius 1 is 1.10 bits per heavy atom. The van der Waals surface area contributed by atoms with E-state index in [0.717, 1.165) is 44.8 Å². The van der Waals surface area contributed by atoms with Crippen LogP contribution >= 0.6 is 0 Å². The van der Waals surface area contributed by atoms with E-state index in [0.29, 0.717) is 12.1 Å². The monoisotopic (exact) mass is 401 g/mol. The molecule has 0 unspecified atom stereocenters. The second-order valence-corrected chi connectivity index (χ2v) is 7.25. The highest BCUT2D eigenvalue weighted by Crippen LogP contribution is 2.34. The van der Waals surface area contributed by atoms with Crippen LogP contribution in [0.5, 0.6) is 5.75 Å². The van der Waals surface area contributed by atoms with E-state index in [1.165, 1.54) is 0 Å². The summed E-state index contributed by atoms with van der Waals surface area (Å²) in [4.78, 5) is 19.3. The van der Waals surface area contributed by atoms with Gasteiger partial charge < -0.3 is 14.2 Å². The van der Waals surface area contributed by atoms with Crippen molar-refractivity contribution in [1.82, 2.24) is 15.0 Å². The van der Waals surface area contributed by atoms with Crippen molar-refractivity contribution in [2.24, 2.45) is 0 Å². The maximum atomic E-state index is 13.3. The fraction of sp³-hybridized carbons (Fsp3) is 0.208. The molecule has 0 aliphatic rings. The first-order chi connectivity index (χ1) is 14.5. The van der Waals surface area contributed by atoms with Gasteiger partial charge in [0.25, 0.3) is 5.91 Å². The van der Waals surface area contributed by atoms with Crippen LogP contribution in [0.25, 0.3) is 21.9 Å². The summed E-state index contributed by atoms with van der Waals surface area (Å²) in [6.45, 7) is 4.21. The van der Waals surface area contributed by atoms with Gasteiger partial charge in [-0.05, 0) is 42.3 Å².